The molecule has 2 heterocycles. The number of carbonyl (C=O) groups excluding carboxylic acids is 1. The first-order valence-corrected chi connectivity index (χ1v) is 7.84. The van der Waals surface area contributed by atoms with E-state index in [1.165, 1.54) is 0 Å². The highest BCUT2D eigenvalue weighted by atomic mass is 16.5. The lowest BCUT2D eigenvalue weighted by molar-refractivity contribution is -0.140. The zero-order chi connectivity index (χ0) is 14.9. The Hall–Kier alpha value is -0.650. The molecule has 5 nitrogen and oxygen atoms in total. The molecule has 20 heavy (non-hydrogen) atoms. The first-order valence-electron chi connectivity index (χ1n) is 7.84. The minimum Gasteiger partial charge on any atom is -0.374 e. The molecule has 0 bridgehead atoms. The largest absolute Gasteiger partial charge is 0.374 e. The van der Waals surface area contributed by atoms with Crippen LogP contribution in [0, 0.1) is 11.8 Å². The number of hydrogen-bond donors (Lipinski definition) is 1. The van der Waals surface area contributed by atoms with Crippen LogP contribution in [0.25, 0.3) is 0 Å². The van der Waals surface area contributed by atoms with Crippen LogP contribution in [-0.4, -0.2) is 66.7 Å². The van der Waals surface area contributed by atoms with Gasteiger partial charge >= 0.3 is 0 Å². The molecule has 0 aromatic rings. The Morgan fingerprint density at radius 3 is 2.25 bits per heavy atom. The van der Waals surface area contributed by atoms with E-state index in [0.717, 1.165) is 26.2 Å². The Morgan fingerprint density at radius 1 is 1.20 bits per heavy atom. The van der Waals surface area contributed by atoms with Crippen molar-refractivity contribution in [3.63, 3.8) is 0 Å². The molecule has 0 spiro atoms. The Kier molecular flexibility index (Phi) is 5.04. The van der Waals surface area contributed by atoms with Crippen molar-refractivity contribution in [2.24, 2.45) is 17.6 Å². The van der Waals surface area contributed by atoms with Gasteiger partial charge in [0.1, 0.15) is 0 Å². The van der Waals surface area contributed by atoms with Crippen LogP contribution in [0.4, 0.5) is 0 Å². The number of amides is 1. The lowest BCUT2D eigenvalue weighted by Gasteiger charge is -2.39. The van der Waals surface area contributed by atoms with Crippen LogP contribution < -0.4 is 5.73 Å². The molecule has 0 aromatic carbocycles. The predicted octanol–water partition coefficient (Wildman–Crippen LogP) is 0.537. The van der Waals surface area contributed by atoms with E-state index in [0.29, 0.717) is 18.5 Å². The van der Waals surface area contributed by atoms with Gasteiger partial charge in [-0.25, -0.2) is 0 Å². The third-order valence-electron chi connectivity index (χ3n) is 5.12. The van der Waals surface area contributed by atoms with Crippen LogP contribution in [0.2, 0.25) is 0 Å². The van der Waals surface area contributed by atoms with Gasteiger partial charge < -0.3 is 15.4 Å². The average molecular weight is 283 g/mol. The SMILES string of the molecule is CC1OC(C)C(C(=O)N2CCN(C(C)CN)CC2)C1C. The smallest absolute Gasteiger partial charge is 0.228 e. The second-order valence-corrected chi connectivity index (χ2v) is 6.38. The Labute approximate surface area is 122 Å². The van der Waals surface area contributed by atoms with Gasteiger partial charge in [-0.1, -0.05) is 6.92 Å². The zero-order valence-electron chi connectivity index (χ0n) is 13.2. The Bertz CT molecular complexity index is 342. The second-order valence-electron chi connectivity index (χ2n) is 6.38. The van der Waals surface area contributed by atoms with Crippen LogP contribution in [-0.2, 0) is 9.53 Å². The van der Waals surface area contributed by atoms with Crippen molar-refractivity contribution in [2.45, 2.75) is 45.9 Å². The number of nitrogens with two attached hydrogens (primary N) is 1. The molecule has 5 unspecified atom stereocenters. The van der Waals surface area contributed by atoms with E-state index in [1.54, 1.807) is 0 Å². The molecule has 116 valence electrons. The summed E-state index contributed by atoms with van der Waals surface area (Å²) in [5, 5.41) is 0. The molecule has 0 radical (unpaired) electrons. The fraction of sp³-hybridized carbons (Fsp3) is 0.933. The summed E-state index contributed by atoms with van der Waals surface area (Å²) in [7, 11) is 0. The second kappa shape index (κ2) is 6.41. The van der Waals surface area contributed by atoms with Crippen LogP contribution in [0.15, 0.2) is 0 Å². The zero-order valence-corrected chi connectivity index (χ0v) is 13.2. The first-order chi connectivity index (χ1) is 9.45. The lowest BCUT2D eigenvalue weighted by Crippen LogP contribution is -2.54. The number of nitrogens with zero attached hydrogens (tertiary/aromatic N) is 2. The third-order valence-corrected chi connectivity index (χ3v) is 5.12. The van der Waals surface area contributed by atoms with E-state index < -0.39 is 0 Å². The maximum atomic E-state index is 12.7. The fourth-order valence-corrected chi connectivity index (χ4v) is 3.44. The highest BCUT2D eigenvalue weighted by Gasteiger charge is 2.43. The van der Waals surface area contributed by atoms with E-state index in [-0.39, 0.29) is 24.0 Å². The van der Waals surface area contributed by atoms with E-state index >= 15 is 0 Å². The van der Waals surface area contributed by atoms with Gasteiger partial charge in [-0.05, 0) is 26.7 Å². The molecule has 0 saturated carbocycles. The van der Waals surface area contributed by atoms with Crippen LogP contribution in [0.5, 0.6) is 0 Å². The molecule has 2 fully saturated rings. The van der Waals surface area contributed by atoms with Crippen LogP contribution >= 0.6 is 0 Å². The van der Waals surface area contributed by atoms with Gasteiger partial charge in [0.25, 0.3) is 0 Å². The molecule has 2 saturated heterocycles. The minimum atomic E-state index is 0.0171. The standard InChI is InChI=1S/C15H29N3O2/c1-10(9-16)17-5-7-18(8-6-17)15(19)14-11(2)12(3)20-13(14)4/h10-14H,5-9,16H2,1-4H3. The van der Waals surface area contributed by atoms with Crippen molar-refractivity contribution in [1.82, 2.24) is 9.80 Å². The van der Waals surface area contributed by atoms with E-state index in [9.17, 15) is 4.79 Å². The number of rotatable bonds is 3. The molecular formula is C15H29N3O2. The van der Waals surface area contributed by atoms with Crippen molar-refractivity contribution in [2.75, 3.05) is 32.7 Å². The molecule has 1 amide bonds. The van der Waals surface area contributed by atoms with Gasteiger partial charge in [0.15, 0.2) is 0 Å². The van der Waals surface area contributed by atoms with Crippen molar-refractivity contribution < 1.29 is 9.53 Å². The quantitative estimate of drug-likeness (QED) is 0.821. The summed E-state index contributed by atoms with van der Waals surface area (Å²) in [5.41, 5.74) is 5.71. The number of carbonyl (C=O) groups is 1. The lowest BCUT2D eigenvalue weighted by atomic mass is 9.88. The number of piperazine rings is 1. The molecular weight excluding hydrogens is 254 g/mol. The van der Waals surface area contributed by atoms with Crippen molar-refractivity contribution >= 4 is 5.91 Å². The summed E-state index contributed by atoms with van der Waals surface area (Å²) < 4.78 is 5.80. The third kappa shape index (κ3) is 3.00. The highest BCUT2D eigenvalue weighted by molar-refractivity contribution is 5.80. The van der Waals surface area contributed by atoms with Crippen LogP contribution in [0.3, 0.4) is 0 Å². The molecule has 2 rings (SSSR count). The summed E-state index contributed by atoms with van der Waals surface area (Å²) in [6, 6.07) is 0.403. The Morgan fingerprint density at radius 2 is 1.80 bits per heavy atom. The first kappa shape index (κ1) is 15.7. The minimum absolute atomic E-state index is 0.0171. The van der Waals surface area contributed by atoms with Gasteiger partial charge in [-0.3, -0.25) is 9.69 Å². The highest BCUT2D eigenvalue weighted by Crippen LogP contribution is 2.33. The molecule has 5 atom stereocenters. The molecule has 5 heteroatoms. The van der Waals surface area contributed by atoms with E-state index in [4.69, 9.17) is 10.5 Å². The topological polar surface area (TPSA) is 58.8 Å². The van der Waals surface area contributed by atoms with Crippen molar-refractivity contribution in [3.05, 3.63) is 0 Å². The van der Waals surface area contributed by atoms with Gasteiger partial charge in [0.05, 0.1) is 18.1 Å². The van der Waals surface area contributed by atoms with Gasteiger partial charge in [-0.2, -0.15) is 0 Å². The normalized spacial score (nSPS) is 37.1. The fourth-order valence-electron chi connectivity index (χ4n) is 3.44. The average Bonchev–Trinajstić information content (AvgIpc) is 2.71. The maximum Gasteiger partial charge on any atom is 0.228 e. The molecule has 0 aliphatic carbocycles. The summed E-state index contributed by atoms with van der Waals surface area (Å²) >= 11 is 0. The molecule has 2 N–H and O–H groups in total. The Balaban J connectivity index is 1.92. The number of ether oxygens (including phenoxy) is 1. The van der Waals surface area contributed by atoms with Gasteiger partial charge in [0, 0.05) is 38.8 Å². The van der Waals surface area contributed by atoms with E-state index in [1.807, 2.05) is 11.8 Å². The molecule has 2 aliphatic heterocycles. The van der Waals surface area contributed by atoms with Crippen molar-refractivity contribution in [1.29, 1.82) is 0 Å². The van der Waals surface area contributed by atoms with Gasteiger partial charge in [0.2, 0.25) is 5.91 Å². The molecule has 0 aromatic heterocycles. The van der Waals surface area contributed by atoms with Gasteiger partial charge in [-0.15, -0.1) is 0 Å². The summed E-state index contributed by atoms with van der Waals surface area (Å²) in [6.07, 6.45) is 0.214. The maximum absolute atomic E-state index is 12.7. The summed E-state index contributed by atoms with van der Waals surface area (Å²) in [6.45, 7) is 12.5. The van der Waals surface area contributed by atoms with Crippen LogP contribution in [0.1, 0.15) is 27.7 Å². The number of hydrogen-bond acceptors (Lipinski definition) is 4. The molecule has 2 aliphatic rings. The predicted molar refractivity (Wildman–Crippen MR) is 79.3 cm³/mol. The summed E-state index contributed by atoms with van der Waals surface area (Å²) in [5.74, 6) is 0.594. The van der Waals surface area contributed by atoms with Crippen molar-refractivity contribution in [3.8, 4) is 0 Å². The monoisotopic (exact) mass is 283 g/mol. The summed E-state index contributed by atoms with van der Waals surface area (Å²) in [4.78, 5) is 17.1. The van der Waals surface area contributed by atoms with E-state index in [2.05, 4.69) is 25.7 Å².